The van der Waals surface area contributed by atoms with Crippen molar-refractivity contribution in [3.8, 4) is 0 Å². The molecule has 0 saturated heterocycles. The van der Waals surface area contributed by atoms with Crippen LogP contribution in [0.1, 0.15) is 59.8 Å². The molecule has 1 fully saturated rings. The Bertz CT molecular complexity index is 348. The highest BCUT2D eigenvalue weighted by atomic mass is 16.5. The van der Waals surface area contributed by atoms with Crippen molar-refractivity contribution in [3.63, 3.8) is 0 Å². The Kier molecular flexibility index (Phi) is 3.19. The first-order valence-corrected chi connectivity index (χ1v) is 6.73. The van der Waals surface area contributed by atoms with Gasteiger partial charge in [-0.3, -0.25) is 4.79 Å². The minimum Gasteiger partial charge on any atom is -0.372 e. The number of allylic oxidation sites excluding steroid dienone is 1. The van der Waals surface area contributed by atoms with Gasteiger partial charge in [-0.05, 0) is 52.5 Å². The fourth-order valence-corrected chi connectivity index (χ4v) is 3.11. The first kappa shape index (κ1) is 12.8. The Morgan fingerprint density at radius 2 is 2.06 bits per heavy atom. The zero-order chi connectivity index (χ0) is 12.7. The lowest BCUT2D eigenvalue weighted by Crippen LogP contribution is -2.45. The Morgan fingerprint density at radius 3 is 2.71 bits per heavy atom. The third kappa shape index (κ3) is 2.62. The molecule has 0 N–H and O–H groups in total. The molecular formula is C15H24O2. The number of carbonyl (C=O) groups excluding carboxylic acids is 1. The lowest BCUT2D eigenvalue weighted by molar-refractivity contribution is -0.126. The fourth-order valence-electron chi connectivity index (χ4n) is 3.11. The van der Waals surface area contributed by atoms with Gasteiger partial charge in [0.1, 0.15) is 0 Å². The number of hydrogen-bond acceptors (Lipinski definition) is 2. The molecular weight excluding hydrogens is 212 g/mol. The summed E-state index contributed by atoms with van der Waals surface area (Å²) < 4.78 is 6.23. The molecule has 0 heterocycles. The van der Waals surface area contributed by atoms with Gasteiger partial charge < -0.3 is 4.74 Å². The molecule has 0 aromatic carbocycles. The summed E-state index contributed by atoms with van der Waals surface area (Å²) in [7, 11) is 0. The molecule has 2 rings (SSSR count). The lowest BCUT2D eigenvalue weighted by Gasteiger charge is -2.47. The smallest absolute Gasteiger partial charge is 0.155 e. The molecule has 0 bridgehead atoms. The van der Waals surface area contributed by atoms with E-state index < -0.39 is 0 Å². The van der Waals surface area contributed by atoms with Gasteiger partial charge in [-0.15, -0.1) is 0 Å². The van der Waals surface area contributed by atoms with Crippen LogP contribution in [0.25, 0.3) is 0 Å². The van der Waals surface area contributed by atoms with Crippen LogP contribution < -0.4 is 0 Å². The van der Waals surface area contributed by atoms with Crippen LogP contribution in [0.2, 0.25) is 0 Å². The largest absolute Gasteiger partial charge is 0.372 e. The maximum atomic E-state index is 11.5. The second-order valence-corrected chi connectivity index (χ2v) is 6.66. The predicted octanol–water partition coefficient (Wildman–Crippen LogP) is 3.65. The Balaban J connectivity index is 2.24. The summed E-state index contributed by atoms with van der Waals surface area (Å²) in [6, 6.07) is 0. The molecule has 0 aromatic rings. The monoisotopic (exact) mass is 236 g/mol. The van der Waals surface area contributed by atoms with Gasteiger partial charge in [0.05, 0.1) is 11.7 Å². The van der Waals surface area contributed by atoms with E-state index in [1.165, 1.54) is 5.57 Å². The van der Waals surface area contributed by atoms with Crippen LogP contribution in [-0.2, 0) is 9.53 Å². The van der Waals surface area contributed by atoms with E-state index in [9.17, 15) is 4.79 Å². The first-order chi connectivity index (χ1) is 7.81. The summed E-state index contributed by atoms with van der Waals surface area (Å²) in [5.41, 5.74) is 1.33. The molecule has 17 heavy (non-hydrogen) atoms. The first-order valence-electron chi connectivity index (χ1n) is 6.73. The van der Waals surface area contributed by atoms with Crippen LogP contribution in [0.4, 0.5) is 0 Å². The topological polar surface area (TPSA) is 26.3 Å². The molecule has 0 unspecified atom stereocenters. The van der Waals surface area contributed by atoms with Gasteiger partial charge in [0.25, 0.3) is 0 Å². The summed E-state index contributed by atoms with van der Waals surface area (Å²) in [6.07, 6.45) is 7.15. The van der Waals surface area contributed by atoms with Gasteiger partial charge in [-0.1, -0.05) is 12.5 Å². The van der Waals surface area contributed by atoms with E-state index in [1.807, 2.05) is 6.08 Å². The predicted molar refractivity (Wildman–Crippen MR) is 68.9 cm³/mol. The Hall–Kier alpha value is -0.630. The number of hydrogen-bond donors (Lipinski definition) is 0. The molecule has 0 radical (unpaired) electrons. The van der Waals surface area contributed by atoms with Gasteiger partial charge in [0.2, 0.25) is 0 Å². The van der Waals surface area contributed by atoms with Crippen molar-refractivity contribution in [2.45, 2.75) is 71.5 Å². The lowest BCUT2D eigenvalue weighted by atomic mass is 9.64. The van der Waals surface area contributed by atoms with Crippen LogP contribution in [0.15, 0.2) is 11.6 Å². The zero-order valence-electron chi connectivity index (χ0n) is 11.5. The number of fused-ring (bicyclic) bond motifs is 1. The molecule has 0 amide bonds. The summed E-state index contributed by atoms with van der Waals surface area (Å²) in [6.45, 7) is 8.62. The van der Waals surface area contributed by atoms with Crippen LogP contribution in [0.5, 0.6) is 0 Å². The highest BCUT2D eigenvalue weighted by Gasteiger charge is 2.44. The van der Waals surface area contributed by atoms with E-state index in [0.717, 1.165) is 25.7 Å². The third-order valence-electron chi connectivity index (χ3n) is 4.08. The fraction of sp³-hybridized carbons (Fsp3) is 0.800. The second-order valence-electron chi connectivity index (χ2n) is 6.66. The van der Waals surface area contributed by atoms with Gasteiger partial charge in [0, 0.05) is 11.8 Å². The van der Waals surface area contributed by atoms with E-state index in [0.29, 0.717) is 12.2 Å². The van der Waals surface area contributed by atoms with Crippen molar-refractivity contribution in [1.82, 2.24) is 0 Å². The van der Waals surface area contributed by atoms with E-state index in [2.05, 4.69) is 27.7 Å². The van der Waals surface area contributed by atoms with Crippen molar-refractivity contribution >= 4 is 5.78 Å². The minimum atomic E-state index is -0.0996. The zero-order valence-corrected chi connectivity index (χ0v) is 11.5. The average molecular weight is 236 g/mol. The van der Waals surface area contributed by atoms with Crippen molar-refractivity contribution in [2.75, 3.05) is 0 Å². The summed E-state index contributed by atoms with van der Waals surface area (Å²) in [5.74, 6) is 0.300. The number of ketones is 1. The van der Waals surface area contributed by atoms with Crippen LogP contribution in [0.3, 0.4) is 0 Å². The third-order valence-corrected chi connectivity index (χ3v) is 4.08. The SMILES string of the molecule is CC(C)(C)O[C@@H]1CCCC2=CC(=O)CC[C@@]21C. The van der Waals surface area contributed by atoms with Crippen LogP contribution in [0, 0.1) is 5.41 Å². The van der Waals surface area contributed by atoms with Crippen LogP contribution >= 0.6 is 0 Å². The molecule has 96 valence electrons. The van der Waals surface area contributed by atoms with Crippen molar-refractivity contribution < 1.29 is 9.53 Å². The summed E-state index contributed by atoms with van der Waals surface area (Å²) in [5, 5.41) is 0. The van der Waals surface area contributed by atoms with E-state index in [4.69, 9.17) is 4.74 Å². The molecule has 0 aliphatic heterocycles. The Morgan fingerprint density at radius 1 is 1.35 bits per heavy atom. The van der Waals surface area contributed by atoms with Crippen molar-refractivity contribution in [1.29, 1.82) is 0 Å². The molecule has 1 saturated carbocycles. The summed E-state index contributed by atoms with van der Waals surface area (Å²) >= 11 is 0. The average Bonchev–Trinajstić information content (AvgIpc) is 2.19. The van der Waals surface area contributed by atoms with Gasteiger partial charge in [-0.25, -0.2) is 0 Å². The minimum absolute atomic E-state index is 0.0967. The van der Waals surface area contributed by atoms with Crippen molar-refractivity contribution in [2.24, 2.45) is 5.41 Å². The maximum absolute atomic E-state index is 11.5. The maximum Gasteiger partial charge on any atom is 0.155 e. The highest BCUT2D eigenvalue weighted by Crippen LogP contribution is 2.48. The van der Waals surface area contributed by atoms with Gasteiger partial charge >= 0.3 is 0 Å². The van der Waals surface area contributed by atoms with E-state index >= 15 is 0 Å². The molecule has 2 heteroatoms. The molecule has 0 spiro atoms. The normalized spacial score (nSPS) is 34.2. The molecule has 2 aliphatic carbocycles. The number of rotatable bonds is 1. The molecule has 2 nitrogen and oxygen atoms in total. The molecule has 2 atom stereocenters. The number of carbonyl (C=O) groups is 1. The van der Waals surface area contributed by atoms with Crippen LogP contribution in [-0.4, -0.2) is 17.5 Å². The highest BCUT2D eigenvalue weighted by molar-refractivity contribution is 5.91. The van der Waals surface area contributed by atoms with Gasteiger partial charge in [0.15, 0.2) is 5.78 Å². The van der Waals surface area contributed by atoms with E-state index in [1.54, 1.807) is 0 Å². The quantitative estimate of drug-likeness (QED) is 0.694. The van der Waals surface area contributed by atoms with Gasteiger partial charge in [-0.2, -0.15) is 0 Å². The molecule has 2 aliphatic rings. The van der Waals surface area contributed by atoms with Crippen molar-refractivity contribution in [3.05, 3.63) is 11.6 Å². The standard InChI is InChI=1S/C15H24O2/c1-14(2,3)17-13-7-5-6-11-10-12(16)8-9-15(11,13)4/h10,13H,5-9H2,1-4H3/t13-,15+/m1/s1. The molecule has 0 aromatic heterocycles. The summed E-state index contributed by atoms with van der Waals surface area (Å²) in [4.78, 5) is 11.5. The Labute approximate surface area is 104 Å². The second kappa shape index (κ2) is 4.24. The number of ether oxygens (including phenoxy) is 1. The van der Waals surface area contributed by atoms with E-state index in [-0.39, 0.29) is 17.1 Å².